The van der Waals surface area contributed by atoms with Crippen LogP contribution in [0.15, 0.2) is 0 Å². The molecule has 15 heavy (non-hydrogen) atoms. The molecule has 0 radical (unpaired) electrons. The predicted octanol–water partition coefficient (Wildman–Crippen LogP) is 2.78. The Kier molecular flexibility index (Phi) is 4.38. The third-order valence-corrected chi connectivity index (χ3v) is 3.90. The molecular formula is C12H24N2S. The molecule has 0 aromatic heterocycles. The second-order valence-electron chi connectivity index (χ2n) is 5.26. The maximum absolute atomic E-state index is 5.38. The van der Waals surface area contributed by atoms with Gasteiger partial charge >= 0.3 is 0 Å². The zero-order valence-corrected chi connectivity index (χ0v) is 11.3. The molecule has 1 rings (SSSR count). The van der Waals surface area contributed by atoms with Gasteiger partial charge in [0.15, 0.2) is 5.11 Å². The van der Waals surface area contributed by atoms with Gasteiger partial charge in [0, 0.05) is 19.1 Å². The van der Waals surface area contributed by atoms with Crippen LogP contribution in [0, 0.1) is 5.41 Å². The Morgan fingerprint density at radius 1 is 1.40 bits per heavy atom. The normalized spacial score (nSPS) is 20.5. The van der Waals surface area contributed by atoms with Crippen molar-refractivity contribution in [3.63, 3.8) is 0 Å². The largest absolute Gasteiger partial charge is 0.360 e. The summed E-state index contributed by atoms with van der Waals surface area (Å²) in [6.07, 6.45) is 3.82. The highest BCUT2D eigenvalue weighted by atomic mass is 32.1. The molecule has 0 saturated carbocycles. The van der Waals surface area contributed by atoms with Gasteiger partial charge in [0.2, 0.25) is 0 Å². The van der Waals surface area contributed by atoms with Gasteiger partial charge in [-0.25, -0.2) is 0 Å². The predicted molar refractivity (Wildman–Crippen MR) is 70.1 cm³/mol. The van der Waals surface area contributed by atoms with Crippen molar-refractivity contribution in [3.05, 3.63) is 0 Å². The van der Waals surface area contributed by atoms with Crippen LogP contribution in [-0.2, 0) is 0 Å². The zero-order chi connectivity index (χ0) is 11.5. The van der Waals surface area contributed by atoms with Crippen molar-refractivity contribution in [2.45, 2.75) is 53.0 Å². The first-order valence-corrected chi connectivity index (χ1v) is 6.43. The van der Waals surface area contributed by atoms with Gasteiger partial charge < -0.3 is 10.2 Å². The molecule has 1 aliphatic rings. The van der Waals surface area contributed by atoms with E-state index in [-0.39, 0.29) is 0 Å². The molecule has 1 heterocycles. The van der Waals surface area contributed by atoms with Gasteiger partial charge in [0.25, 0.3) is 0 Å². The molecule has 1 N–H and O–H groups in total. The summed E-state index contributed by atoms with van der Waals surface area (Å²) in [4.78, 5) is 2.31. The Labute approximate surface area is 99.4 Å². The zero-order valence-electron chi connectivity index (χ0n) is 10.5. The molecule has 0 aromatic rings. The van der Waals surface area contributed by atoms with Crippen molar-refractivity contribution >= 4 is 17.3 Å². The summed E-state index contributed by atoms with van der Waals surface area (Å²) in [5.74, 6) is 0. The summed E-state index contributed by atoms with van der Waals surface area (Å²) in [6.45, 7) is 11.2. The molecule has 0 aliphatic carbocycles. The van der Waals surface area contributed by atoms with E-state index in [1.54, 1.807) is 0 Å². The molecule has 88 valence electrons. The molecule has 1 saturated heterocycles. The van der Waals surface area contributed by atoms with Crippen LogP contribution >= 0.6 is 12.2 Å². The second kappa shape index (κ2) is 5.15. The number of rotatable bonds is 2. The minimum Gasteiger partial charge on any atom is -0.360 e. The molecule has 0 amide bonds. The van der Waals surface area contributed by atoms with E-state index in [9.17, 15) is 0 Å². The van der Waals surface area contributed by atoms with Gasteiger partial charge in [-0.1, -0.05) is 20.3 Å². The summed E-state index contributed by atoms with van der Waals surface area (Å²) in [5, 5.41) is 4.25. The molecule has 0 atom stereocenters. The van der Waals surface area contributed by atoms with E-state index in [4.69, 9.17) is 12.2 Å². The van der Waals surface area contributed by atoms with Crippen molar-refractivity contribution < 1.29 is 0 Å². The minimum absolute atomic E-state index is 0.442. The summed E-state index contributed by atoms with van der Waals surface area (Å²) in [7, 11) is 0. The lowest BCUT2D eigenvalue weighted by Crippen LogP contribution is -2.48. The summed E-state index contributed by atoms with van der Waals surface area (Å²) >= 11 is 5.38. The topological polar surface area (TPSA) is 15.3 Å². The molecule has 0 unspecified atom stereocenters. The van der Waals surface area contributed by atoms with E-state index >= 15 is 0 Å². The maximum Gasteiger partial charge on any atom is 0.169 e. The van der Waals surface area contributed by atoms with Crippen LogP contribution in [0.1, 0.15) is 47.0 Å². The third-order valence-electron chi connectivity index (χ3n) is 3.52. The van der Waals surface area contributed by atoms with E-state index < -0.39 is 0 Å². The number of nitrogens with zero attached hydrogens (tertiary/aromatic N) is 1. The first kappa shape index (κ1) is 12.8. The van der Waals surface area contributed by atoms with E-state index in [0.29, 0.717) is 11.5 Å². The number of likely N-dealkylation sites (tertiary alicyclic amines) is 1. The van der Waals surface area contributed by atoms with Crippen LogP contribution in [0.3, 0.4) is 0 Å². The smallest absolute Gasteiger partial charge is 0.169 e. The van der Waals surface area contributed by atoms with Gasteiger partial charge in [-0.2, -0.15) is 0 Å². The number of hydrogen-bond acceptors (Lipinski definition) is 1. The van der Waals surface area contributed by atoms with Crippen molar-refractivity contribution in [1.82, 2.24) is 10.2 Å². The lowest BCUT2D eigenvalue weighted by Gasteiger charge is -2.40. The molecule has 1 fully saturated rings. The fourth-order valence-corrected chi connectivity index (χ4v) is 2.36. The fourth-order valence-electron chi connectivity index (χ4n) is 1.94. The third kappa shape index (κ3) is 3.63. The van der Waals surface area contributed by atoms with E-state index in [2.05, 4.69) is 37.9 Å². The molecule has 0 spiro atoms. The molecule has 0 aromatic carbocycles. The molecule has 2 nitrogen and oxygen atoms in total. The molecule has 3 heteroatoms. The van der Waals surface area contributed by atoms with Crippen molar-refractivity contribution in [2.24, 2.45) is 5.41 Å². The number of hydrogen-bond donors (Lipinski definition) is 1. The Balaban J connectivity index is 2.40. The average molecular weight is 228 g/mol. The minimum atomic E-state index is 0.442. The summed E-state index contributed by atoms with van der Waals surface area (Å²) in [5.41, 5.74) is 0.546. The highest BCUT2D eigenvalue weighted by Crippen LogP contribution is 2.33. The highest BCUT2D eigenvalue weighted by molar-refractivity contribution is 7.80. The SMILES string of the molecule is CCC1(C)CCN(C(=S)NC(C)C)CC1. The Bertz CT molecular complexity index is 218. The summed E-state index contributed by atoms with van der Waals surface area (Å²) in [6, 6.07) is 0.442. The fraction of sp³-hybridized carbons (Fsp3) is 0.917. The van der Waals surface area contributed by atoms with Crippen LogP contribution < -0.4 is 5.32 Å². The Morgan fingerprint density at radius 3 is 2.33 bits per heavy atom. The Hall–Kier alpha value is -0.310. The first-order valence-electron chi connectivity index (χ1n) is 6.02. The summed E-state index contributed by atoms with van der Waals surface area (Å²) < 4.78 is 0. The van der Waals surface area contributed by atoms with E-state index in [1.165, 1.54) is 19.3 Å². The van der Waals surface area contributed by atoms with Crippen molar-refractivity contribution in [1.29, 1.82) is 0 Å². The van der Waals surface area contributed by atoms with Crippen LogP contribution in [0.5, 0.6) is 0 Å². The monoisotopic (exact) mass is 228 g/mol. The van der Waals surface area contributed by atoms with Gasteiger partial charge in [-0.15, -0.1) is 0 Å². The Morgan fingerprint density at radius 2 is 1.93 bits per heavy atom. The lowest BCUT2D eigenvalue weighted by molar-refractivity contribution is 0.161. The standard InChI is InChI=1S/C12H24N2S/c1-5-12(4)6-8-14(9-7-12)11(15)13-10(2)3/h10H,5-9H2,1-4H3,(H,13,15). The molecule has 1 aliphatic heterocycles. The van der Waals surface area contributed by atoms with Gasteiger partial charge in [0.05, 0.1) is 0 Å². The number of thiocarbonyl (C=S) groups is 1. The van der Waals surface area contributed by atoms with Crippen molar-refractivity contribution in [2.75, 3.05) is 13.1 Å². The maximum atomic E-state index is 5.38. The first-order chi connectivity index (χ1) is 6.97. The number of piperidine rings is 1. The number of nitrogens with one attached hydrogen (secondary N) is 1. The van der Waals surface area contributed by atoms with Crippen LogP contribution in [0.4, 0.5) is 0 Å². The highest BCUT2D eigenvalue weighted by Gasteiger charge is 2.29. The van der Waals surface area contributed by atoms with Gasteiger partial charge in [0.1, 0.15) is 0 Å². The average Bonchev–Trinajstić information content (AvgIpc) is 2.18. The van der Waals surface area contributed by atoms with Gasteiger partial charge in [-0.05, 0) is 44.3 Å². The van der Waals surface area contributed by atoms with Crippen molar-refractivity contribution in [3.8, 4) is 0 Å². The quantitative estimate of drug-likeness (QED) is 0.732. The van der Waals surface area contributed by atoms with Crippen LogP contribution in [-0.4, -0.2) is 29.1 Å². The van der Waals surface area contributed by atoms with Gasteiger partial charge in [-0.3, -0.25) is 0 Å². The molecule has 0 bridgehead atoms. The van der Waals surface area contributed by atoms with E-state index in [0.717, 1.165) is 18.2 Å². The van der Waals surface area contributed by atoms with E-state index in [1.807, 2.05) is 0 Å². The second-order valence-corrected chi connectivity index (χ2v) is 5.64. The lowest BCUT2D eigenvalue weighted by atomic mass is 9.78. The van der Waals surface area contributed by atoms with Crippen LogP contribution in [0.2, 0.25) is 0 Å². The molecular weight excluding hydrogens is 204 g/mol. The van der Waals surface area contributed by atoms with Crippen LogP contribution in [0.25, 0.3) is 0 Å².